The molecule has 4 N–H and O–H groups in total. The van der Waals surface area contributed by atoms with Crippen molar-refractivity contribution >= 4 is 0 Å². The van der Waals surface area contributed by atoms with Gasteiger partial charge in [-0.05, 0) is 30.5 Å². The van der Waals surface area contributed by atoms with Crippen LogP contribution in [-0.2, 0) is 6.54 Å². The number of hydrogen-bond donors (Lipinski definition) is 3. The molecule has 1 rings (SSSR count). The number of benzene rings is 1. The van der Waals surface area contributed by atoms with E-state index in [1.54, 1.807) is 0 Å². The number of aryl methyl sites for hydroxylation is 2. The molecule has 13 heavy (non-hydrogen) atoms. The number of rotatable bonds is 4. The molecule has 0 radical (unpaired) electrons. The highest BCUT2D eigenvalue weighted by Gasteiger charge is 1.95. The third kappa shape index (κ3) is 3.14. The normalized spacial score (nSPS) is 10.4. The summed E-state index contributed by atoms with van der Waals surface area (Å²) in [5, 5.41) is 3.16. The molecule has 0 unspecified atom stereocenters. The summed E-state index contributed by atoms with van der Waals surface area (Å²) in [4.78, 5) is 0. The lowest BCUT2D eigenvalue weighted by Crippen LogP contribution is -2.33. The van der Waals surface area contributed by atoms with Gasteiger partial charge in [0.1, 0.15) is 0 Å². The van der Waals surface area contributed by atoms with E-state index in [4.69, 9.17) is 5.84 Å². The smallest absolute Gasteiger partial charge is 0.0590 e. The zero-order valence-corrected chi connectivity index (χ0v) is 8.22. The van der Waals surface area contributed by atoms with Crippen molar-refractivity contribution < 1.29 is 0 Å². The fourth-order valence-corrected chi connectivity index (χ4v) is 1.19. The van der Waals surface area contributed by atoms with Crippen LogP contribution in [0.2, 0.25) is 0 Å². The molecule has 1 aromatic carbocycles. The van der Waals surface area contributed by atoms with Crippen molar-refractivity contribution in [1.29, 1.82) is 0 Å². The average Bonchev–Trinajstić information content (AvgIpc) is 2.12. The van der Waals surface area contributed by atoms with Crippen molar-refractivity contribution in [3.8, 4) is 0 Å². The van der Waals surface area contributed by atoms with Gasteiger partial charge in [0.2, 0.25) is 0 Å². The lowest BCUT2D eigenvalue weighted by molar-refractivity contribution is 0.601. The second kappa shape index (κ2) is 4.97. The van der Waals surface area contributed by atoms with Crippen molar-refractivity contribution in [2.75, 3.05) is 6.67 Å². The topological polar surface area (TPSA) is 50.1 Å². The molecule has 3 heteroatoms. The van der Waals surface area contributed by atoms with E-state index in [-0.39, 0.29) is 0 Å². The first kappa shape index (κ1) is 10.2. The zero-order chi connectivity index (χ0) is 9.68. The third-order valence-corrected chi connectivity index (χ3v) is 2.13. The SMILES string of the molecule is Cc1ccc(CNCNN)cc1C. The van der Waals surface area contributed by atoms with Gasteiger partial charge >= 0.3 is 0 Å². The Morgan fingerprint density at radius 1 is 1.23 bits per heavy atom. The Balaban J connectivity index is 2.53. The summed E-state index contributed by atoms with van der Waals surface area (Å²) in [6, 6.07) is 6.47. The Hall–Kier alpha value is -0.900. The van der Waals surface area contributed by atoms with Crippen LogP contribution >= 0.6 is 0 Å². The van der Waals surface area contributed by atoms with Crippen LogP contribution in [0.5, 0.6) is 0 Å². The fourth-order valence-electron chi connectivity index (χ4n) is 1.19. The van der Waals surface area contributed by atoms with Crippen molar-refractivity contribution in [3.63, 3.8) is 0 Å². The van der Waals surface area contributed by atoms with Crippen LogP contribution in [0.4, 0.5) is 0 Å². The second-order valence-electron chi connectivity index (χ2n) is 3.23. The summed E-state index contributed by atoms with van der Waals surface area (Å²) in [5.41, 5.74) is 6.51. The van der Waals surface area contributed by atoms with E-state index in [1.807, 2.05) is 0 Å². The van der Waals surface area contributed by atoms with Crippen molar-refractivity contribution in [3.05, 3.63) is 34.9 Å². The Morgan fingerprint density at radius 3 is 2.62 bits per heavy atom. The first-order chi connectivity index (χ1) is 6.24. The highest BCUT2D eigenvalue weighted by Crippen LogP contribution is 2.09. The summed E-state index contributed by atoms with van der Waals surface area (Å²) in [5.74, 6) is 5.13. The standard InChI is InChI=1S/C10H17N3/c1-8-3-4-10(5-9(8)2)6-12-7-13-11/h3-5,12-13H,6-7,11H2,1-2H3. The molecule has 0 aliphatic heterocycles. The van der Waals surface area contributed by atoms with Crippen molar-refractivity contribution in [2.24, 2.45) is 5.84 Å². The molecule has 0 amide bonds. The van der Waals surface area contributed by atoms with Gasteiger partial charge in [-0.25, -0.2) is 5.43 Å². The van der Waals surface area contributed by atoms with Crippen LogP contribution in [0.3, 0.4) is 0 Å². The molecule has 0 heterocycles. The maximum absolute atomic E-state index is 5.13. The summed E-state index contributed by atoms with van der Waals surface area (Å²) in [6.45, 7) is 5.73. The van der Waals surface area contributed by atoms with E-state index in [1.165, 1.54) is 16.7 Å². The third-order valence-electron chi connectivity index (χ3n) is 2.13. The predicted molar refractivity (Wildman–Crippen MR) is 54.9 cm³/mol. The summed E-state index contributed by atoms with van der Waals surface area (Å²) in [6.07, 6.45) is 0. The van der Waals surface area contributed by atoms with Crippen LogP contribution in [0.25, 0.3) is 0 Å². The zero-order valence-electron chi connectivity index (χ0n) is 8.22. The molecular formula is C10H17N3. The van der Waals surface area contributed by atoms with Gasteiger partial charge in [0.25, 0.3) is 0 Å². The maximum atomic E-state index is 5.13. The van der Waals surface area contributed by atoms with Crippen molar-refractivity contribution in [2.45, 2.75) is 20.4 Å². The number of hydrazine groups is 1. The number of hydrogen-bond acceptors (Lipinski definition) is 3. The largest absolute Gasteiger partial charge is 0.299 e. The van der Waals surface area contributed by atoms with Gasteiger partial charge in [-0.2, -0.15) is 0 Å². The second-order valence-corrected chi connectivity index (χ2v) is 3.23. The van der Waals surface area contributed by atoms with E-state index in [0.717, 1.165) is 6.54 Å². The Labute approximate surface area is 79.3 Å². The van der Waals surface area contributed by atoms with Gasteiger partial charge in [-0.1, -0.05) is 18.2 Å². The monoisotopic (exact) mass is 179 g/mol. The molecule has 0 atom stereocenters. The highest BCUT2D eigenvalue weighted by atomic mass is 15.3. The minimum atomic E-state index is 0.632. The van der Waals surface area contributed by atoms with Gasteiger partial charge in [0.15, 0.2) is 0 Å². The van der Waals surface area contributed by atoms with E-state index in [0.29, 0.717) is 6.67 Å². The number of nitrogens with one attached hydrogen (secondary N) is 2. The molecule has 0 saturated heterocycles. The molecule has 0 aliphatic carbocycles. The fraction of sp³-hybridized carbons (Fsp3) is 0.400. The first-order valence-electron chi connectivity index (χ1n) is 4.44. The van der Waals surface area contributed by atoms with E-state index in [2.05, 4.69) is 42.8 Å². The summed E-state index contributed by atoms with van der Waals surface area (Å²) >= 11 is 0. The Bertz CT molecular complexity index is 271. The molecule has 0 fully saturated rings. The molecule has 72 valence electrons. The molecule has 0 aliphatic rings. The van der Waals surface area contributed by atoms with Gasteiger partial charge in [-0.3, -0.25) is 11.2 Å². The predicted octanol–water partition coefficient (Wildman–Crippen LogP) is 0.814. The first-order valence-corrected chi connectivity index (χ1v) is 4.44. The van der Waals surface area contributed by atoms with Gasteiger partial charge in [0.05, 0.1) is 6.67 Å². The van der Waals surface area contributed by atoms with Crippen molar-refractivity contribution in [1.82, 2.24) is 10.7 Å². The summed E-state index contributed by atoms with van der Waals surface area (Å²) in [7, 11) is 0. The molecule has 0 saturated carbocycles. The van der Waals surface area contributed by atoms with E-state index in [9.17, 15) is 0 Å². The molecule has 0 bridgehead atoms. The molecule has 0 aromatic heterocycles. The Morgan fingerprint density at radius 2 is 2.00 bits per heavy atom. The van der Waals surface area contributed by atoms with Crippen LogP contribution in [0.1, 0.15) is 16.7 Å². The average molecular weight is 179 g/mol. The molecule has 3 nitrogen and oxygen atoms in total. The van der Waals surface area contributed by atoms with Gasteiger partial charge in [0, 0.05) is 6.54 Å². The minimum absolute atomic E-state index is 0.632. The lowest BCUT2D eigenvalue weighted by atomic mass is 10.1. The van der Waals surface area contributed by atoms with E-state index < -0.39 is 0 Å². The van der Waals surface area contributed by atoms with Crippen LogP contribution in [0.15, 0.2) is 18.2 Å². The van der Waals surface area contributed by atoms with Crippen LogP contribution in [0, 0.1) is 13.8 Å². The van der Waals surface area contributed by atoms with E-state index >= 15 is 0 Å². The van der Waals surface area contributed by atoms with Crippen LogP contribution in [-0.4, -0.2) is 6.67 Å². The van der Waals surface area contributed by atoms with Crippen LogP contribution < -0.4 is 16.6 Å². The molecule has 1 aromatic rings. The Kier molecular flexibility index (Phi) is 3.89. The quantitative estimate of drug-likeness (QED) is 0.277. The molecule has 0 spiro atoms. The minimum Gasteiger partial charge on any atom is -0.299 e. The van der Waals surface area contributed by atoms with Gasteiger partial charge in [-0.15, -0.1) is 0 Å². The lowest BCUT2D eigenvalue weighted by Gasteiger charge is -2.06. The molecular weight excluding hydrogens is 162 g/mol. The number of nitrogens with two attached hydrogens (primary N) is 1. The van der Waals surface area contributed by atoms with Gasteiger partial charge < -0.3 is 0 Å². The summed E-state index contributed by atoms with van der Waals surface area (Å²) < 4.78 is 0. The maximum Gasteiger partial charge on any atom is 0.0590 e. The highest BCUT2D eigenvalue weighted by molar-refractivity contribution is 5.29.